The van der Waals surface area contributed by atoms with Crippen LogP contribution in [-0.2, 0) is 13.2 Å². The summed E-state index contributed by atoms with van der Waals surface area (Å²) in [5.74, 6) is 6.19. The summed E-state index contributed by atoms with van der Waals surface area (Å²) in [6.45, 7) is 8.10. The van der Waals surface area contributed by atoms with E-state index >= 15 is 0 Å². The van der Waals surface area contributed by atoms with Crippen LogP contribution >= 0.6 is 0 Å². The van der Waals surface area contributed by atoms with Gasteiger partial charge in [-0.3, -0.25) is 4.90 Å². The monoisotopic (exact) mass is 365 g/mol. The lowest BCUT2D eigenvalue weighted by molar-refractivity contribution is 0.288. The highest BCUT2D eigenvalue weighted by molar-refractivity contribution is 5.31. The van der Waals surface area contributed by atoms with Gasteiger partial charge in [0.2, 0.25) is 0 Å². The molecule has 0 bridgehead atoms. The summed E-state index contributed by atoms with van der Waals surface area (Å²) in [5.41, 5.74) is 2.04. The van der Waals surface area contributed by atoms with Crippen LogP contribution in [0.15, 0.2) is 60.7 Å². The van der Waals surface area contributed by atoms with Gasteiger partial charge in [0, 0.05) is 18.5 Å². The van der Waals surface area contributed by atoms with Crippen molar-refractivity contribution in [1.82, 2.24) is 4.90 Å². The molecule has 2 rings (SSSR count). The highest BCUT2D eigenvalue weighted by atomic mass is 19.1. The van der Waals surface area contributed by atoms with E-state index in [1.54, 1.807) is 12.1 Å². The smallest absolute Gasteiger partial charge is 0.165 e. The van der Waals surface area contributed by atoms with Crippen molar-refractivity contribution in [2.45, 2.75) is 33.9 Å². The van der Waals surface area contributed by atoms with Crippen molar-refractivity contribution in [2.24, 2.45) is 5.41 Å². The molecule has 0 unspecified atom stereocenters. The molecule has 0 radical (unpaired) electrons. The zero-order valence-electron chi connectivity index (χ0n) is 16.6. The van der Waals surface area contributed by atoms with Gasteiger partial charge in [-0.05, 0) is 57.2 Å². The van der Waals surface area contributed by atoms with Crippen LogP contribution in [0.1, 0.15) is 31.9 Å². The Hall–Kier alpha value is -2.57. The van der Waals surface area contributed by atoms with Crippen molar-refractivity contribution in [3.05, 3.63) is 77.6 Å². The van der Waals surface area contributed by atoms with Crippen molar-refractivity contribution >= 4 is 0 Å². The van der Waals surface area contributed by atoms with Crippen LogP contribution in [0, 0.1) is 23.1 Å². The number of nitrogens with zero attached hydrogens (tertiary/aromatic N) is 1. The predicted molar refractivity (Wildman–Crippen MR) is 110 cm³/mol. The van der Waals surface area contributed by atoms with Crippen LogP contribution in [0.3, 0.4) is 0 Å². The van der Waals surface area contributed by atoms with Gasteiger partial charge < -0.3 is 4.74 Å². The molecular formula is C24H28FNO. The summed E-state index contributed by atoms with van der Waals surface area (Å²) >= 11 is 0. The zero-order chi connectivity index (χ0) is 19.7. The fraction of sp³-hybridized carbons (Fsp3) is 0.333. The molecule has 0 aliphatic rings. The van der Waals surface area contributed by atoms with Crippen LogP contribution in [0.2, 0.25) is 0 Å². The highest BCUT2D eigenvalue weighted by Crippen LogP contribution is 2.21. The van der Waals surface area contributed by atoms with E-state index in [-0.39, 0.29) is 17.0 Å². The Labute approximate surface area is 162 Å². The zero-order valence-corrected chi connectivity index (χ0v) is 16.6. The first kappa shape index (κ1) is 20.7. The Morgan fingerprint density at radius 3 is 2.52 bits per heavy atom. The number of rotatable bonds is 7. The van der Waals surface area contributed by atoms with Crippen LogP contribution in [0.4, 0.5) is 4.39 Å². The molecule has 2 nitrogen and oxygen atoms in total. The number of hydrogen-bond acceptors (Lipinski definition) is 2. The van der Waals surface area contributed by atoms with Crippen LogP contribution in [0.25, 0.3) is 0 Å². The molecular weight excluding hydrogens is 337 g/mol. The summed E-state index contributed by atoms with van der Waals surface area (Å²) in [7, 11) is 2.02. The van der Waals surface area contributed by atoms with Crippen LogP contribution in [0.5, 0.6) is 5.75 Å². The molecule has 0 N–H and O–H groups in total. The fourth-order valence-corrected chi connectivity index (χ4v) is 2.42. The first-order chi connectivity index (χ1) is 12.8. The van der Waals surface area contributed by atoms with E-state index in [1.165, 1.54) is 6.07 Å². The first-order valence-corrected chi connectivity index (χ1v) is 9.15. The summed E-state index contributed by atoms with van der Waals surface area (Å²) in [6.07, 6.45) is 3.93. The summed E-state index contributed by atoms with van der Waals surface area (Å²) in [5, 5.41) is 0. The van der Waals surface area contributed by atoms with Gasteiger partial charge in [-0.2, -0.15) is 0 Å². The minimum atomic E-state index is -0.338. The molecule has 0 amide bonds. The Kier molecular flexibility index (Phi) is 7.64. The Balaban J connectivity index is 1.90. The third-order valence-corrected chi connectivity index (χ3v) is 3.75. The molecule has 2 aromatic rings. The first-order valence-electron chi connectivity index (χ1n) is 9.15. The maximum absolute atomic E-state index is 14.0. The minimum Gasteiger partial charge on any atom is -0.486 e. The van der Waals surface area contributed by atoms with E-state index in [2.05, 4.69) is 37.5 Å². The van der Waals surface area contributed by atoms with Gasteiger partial charge in [-0.15, -0.1) is 0 Å². The van der Waals surface area contributed by atoms with Gasteiger partial charge in [-0.25, -0.2) is 4.39 Å². The molecule has 0 fully saturated rings. The third kappa shape index (κ3) is 8.11. The quantitative estimate of drug-likeness (QED) is 0.606. The van der Waals surface area contributed by atoms with E-state index in [4.69, 9.17) is 4.74 Å². The number of allylic oxidation sites excluding steroid dienone is 1. The summed E-state index contributed by atoms with van der Waals surface area (Å²) in [4.78, 5) is 2.14. The molecule has 3 heteroatoms. The number of halogens is 1. The van der Waals surface area contributed by atoms with E-state index in [1.807, 2.05) is 49.5 Å². The van der Waals surface area contributed by atoms with Gasteiger partial charge in [0.25, 0.3) is 0 Å². The average molecular weight is 365 g/mol. The standard InChI is InChI=1S/C24H28FNO/c1-24(2,3)15-9-6-10-16-26(4)18-21-13-14-22(25)23(17-21)27-19-20-11-7-5-8-12-20/h5-8,10-14,17H,16,18-19H2,1-4H3. The maximum Gasteiger partial charge on any atom is 0.165 e. The van der Waals surface area contributed by atoms with Gasteiger partial charge in [0.15, 0.2) is 11.6 Å². The minimum absolute atomic E-state index is 0.0144. The van der Waals surface area contributed by atoms with Crippen LogP contribution < -0.4 is 4.74 Å². The van der Waals surface area contributed by atoms with Gasteiger partial charge in [-0.1, -0.05) is 54.3 Å². The molecule has 2 aromatic carbocycles. The Morgan fingerprint density at radius 1 is 1.07 bits per heavy atom. The second kappa shape index (κ2) is 9.94. The molecule has 0 saturated heterocycles. The largest absolute Gasteiger partial charge is 0.486 e. The fourth-order valence-electron chi connectivity index (χ4n) is 2.42. The highest BCUT2D eigenvalue weighted by Gasteiger charge is 2.07. The molecule has 0 saturated carbocycles. The van der Waals surface area contributed by atoms with E-state index in [9.17, 15) is 4.39 Å². The topological polar surface area (TPSA) is 12.5 Å². The predicted octanol–water partition coefficient (Wildman–Crippen LogP) is 5.44. The third-order valence-electron chi connectivity index (χ3n) is 3.75. The Bertz CT molecular complexity index is 810. The molecule has 142 valence electrons. The molecule has 0 spiro atoms. The van der Waals surface area contributed by atoms with Crippen LogP contribution in [-0.4, -0.2) is 18.5 Å². The van der Waals surface area contributed by atoms with Crippen molar-refractivity contribution in [3.8, 4) is 17.6 Å². The molecule has 0 aliphatic carbocycles. The lowest BCUT2D eigenvalue weighted by atomic mass is 9.98. The van der Waals surface area contributed by atoms with Crippen molar-refractivity contribution in [3.63, 3.8) is 0 Å². The number of hydrogen-bond donors (Lipinski definition) is 0. The van der Waals surface area contributed by atoms with E-state index in [0.29, 0.717) is 13.2 Å². The van der Waals surface area contributed by atoms with Crippen molar-refractivity contribution in [2.75, 3.05) is 13.6 Å². The molecule has 0 heterocycles. The van der Waals surface area contributed by atoms with Crippen molar-refractivity contribution < 1.29 is 9.13 Å². The van der Waals surface area contributed by atoms with Gasteiger partial charge in [0.1, 0.15) is 6.61 Å². The summed E-state index contributed by atoms with van der Waals surface area (Å²) < 4.78 is 19.7. The van der Waals surface area contributed by atoms with Gasteiger partial charge >= 0.3 is 0 Å². The maximum atomic E-state index is 14.0. The number of ether oxygens (including phenoxy) is 1. The SMILES string of the molecule is CN(CC=CC#CC(C)(C)C)Cc1ccc(F)c(OCc2ccccc2)c1. The Morgan fingerprint density at radius 2 is 1.81 bits per heavy atom. The molecule has 0 atom stereocenters. The van der Waals surface area contributed by atoms with Gasteiger partial charge in [0.05, 0.1) is 0 Å². The molecule has 0 aliphatic heterocycles. The second-order valence-corrected chi connectivity index (χ2v) is 7.66. The average Bonchev–Trinajstić information content (AvgIpc) is 2.62. The normalized spacial score (nSPS) is 11.5. The second-order valence-electron chi connectivity index (χ2n) is 7.66. The molecule has 27 heavy (non-hydrogen) atoms. The lowest BCUT2D eigenvalue weighted by Crippen LogP contribution is -2.17. The number of benzene rings is 2. The summed E-state index contributed by atoms with van der Waals surface area (Å²) in [6, 6.07) is 14.8. The van der Waals surface area contributed by atoms with Crippen molar-refractivity contribution in [1.29, 1.82) is 0 Å². The number of likely N-dealkylation sites (N-methyl/N-ethyl adjacent to an activating group) is 1. The van der Waals surface area contributed by atoms with E-state index < -0.39 is 0 Å². The lowest BCUT2D eigenvalue weighted by Gasteiger charge is -2.15. The molecule has 0 aromatic heterocycles. The van der Waals surface area contributed by atoms with E-state index in [0.717, 1.165) is 17.7 Å².